The van der Waals surface area contributed by atoms with Gasteiger partial charge in [0, 0.05) is 5.54 Å². The van der Waals surface area contributed by atoms with Gasteiger partial charge >= 0.3 is 0 Å². The number of aryl methyl sites for hydroxylation is 1. The van der Waals surface area contributed by atoms with Crippen molar-refractivity contribution in [2.45, 2.75) is 69.8 Å². The molecule has 1 spiro atoms. The number of hydrogen-bond donors (Lipinski definition) is 1. The van der Waals surface area contributed by atoms with Gasteiger partial charge in [0.05, 0.1) is 6.61 Å². The van der Waals surface area contributed by atoms with E-state index in [2.05, 4.69) is 71.1 Å². The summed E-state index contributed by atoms with van der Waals surface area (Å²) in [6.07, 6.45) is 0. The molecule has 0 radical (unpaired) electrons. The molecule has 120 valence electrons. The zero-order chi connectivity index (χ0) is 16.0. The number of hydrogen-bond acceptors (Lipinski definition) is 4. The van der Waals surface area contributed by atoms with Crippen LogP contribution in [0.25, 0.3) is 0 Å². The van der Waals surface area contributed by atoms with Gasteiger partial charge in [-0.2, -0.15) is 0 Å². The van der Waals surface area contributed by atoms with E-state index in [0.717, 1.165) is 5.56 Å². The minimum absolute atomic E-state index is 0.131. The van der Waals surface area contributed by atoms with Gasteiger partial charge in [0.15, 0.2) is 11.2 Å². The van der Waals surface area contributed by atoms with E-state index in [1.165, 1.54) is 5.56 Å². The number of ether oxygens (including phenoxy) is 3. The quantitative estimate of drug-likeness (QED) is 0.810. The summed E-state index contributed by atoms with van der Waals surface area (Å²) < 4.78 is 18.9. The molecule has 3 saturated heterocycles. The van der Waals surface area contributed by atoms with Gasteiger partial charge in [-0.1, -0.05) is 29.8 Å². The van der Waals surface area contributed by atoms with Crippen molar-refractivity contribution < 1.29 is 14.2 Å². The molecule has 0 aliphatic carbocycles. The summed E-state index contributed by atoms with van der Waals surface area (Å²) in [7, 11) is 0. The second-order valence-electron chi connectivity index (χ2n) is 8.21. The fourth-order valence-corrected chi connectivity index (χ4v) is 4.39. The van der Waals surface area contributed by atoms with Crippen molar-refractivity contribution in [3.8, 4) is 0 Å². The Hall–Kier alpha value is -0.940. The van der Waals surface area contributed by atoms with Crippen LogP contribution in [0, 0.1) is 6.92 Å². The Balaban J connectivity index is 1.82. The van der Waals surface area contributed by atoms with Crippen molar-refractivity contribution in [2.24, 2.45) is 0 Å². The van der Waals surface area contributed by atoms with Crippen molar-refractivity contribution in [3.63, 3.8) is 0 Å². The van der Waals surface area contributed by atoms with Crippen LogP contribution in [0.3, 0.4) is 0 Å². The average molecular weight is 303 g/mol. The van der Waals surface area contributed by atoms with Crippen molar-refractivity contribution in [1.82, 2.24) is 5.32 Å². The monoisotopic (exact) mass is 303 g/mol. The maximum absolute atomic E-state index is 6.43. The summed E-state index contributed by atoms with van der Waals surface area (Å²) in [4.78, 5) is 0. The van der Waals surface area contributed by atoms with E-state index >= 15 is 0 Å². The fourth-order valence-electron chi connectivity index (χ4n) is 4.39. The molecule has 4 heteroatoms. The van der Waals surface area contributed by atoms with E-state index < -0.39 is 22.7 Å². The van der Waals surface area contributed by atoms with Crippen LogP contribution in [0.5, 0.6) is 0 Å². The van der Waals surface area contributed by atoms with Gasteiger partial charge in [-0.3, -0.25) is 5.32 Å². The molecule has 22 heavy (non-hydrogen) atoms. The summed E-state index contributed by atoms with van der Waals surface area (Å²) in [5, 5.41) is 3.53. The summed E-state index contributed by atoms with van der Waals surface area (Å²) in [5.74, 6) is -0.884. The molecule has 3 aliphatic heterocycles. The van der Waals surface area contributed by atoms with Gasteiger partial charge in [-0.15, -0.1) is 0 Å². The van der Waals surface area contributed by atoms with E-state index in [-0.39, 0.29) is 5.54 Å². The number of epoxide rings is 1. The first-order valence-electron chi connectivity index (χ1n) is 7.98. The fraction of sp³-hybridized carbons (Fsp3) is 0.667. The summed E-state index contributed by atoms with van der Waals surface area (Å²) in [6.45, 7) is 13.2. The van der Waals surface area contributed by atoms with Crippen LogP contribution in [0.2, 0.25) is 0 Å². The average Bonchev–Trinajstić information content (AvgIpc) is 2.91. The molecule has 3 heterocycles. The molecule has 1 N–H and O–H groups in total. The normalized spacial score (nSPS) is 44.3. The van der Waals surface area contributed by atoms with E-state index in [0.29, 0.717) is 6.61 Å². The Kier molecular flexibility index (Phi) is 2.50. The molecule has 0 aromatic heterocycles. The number of rotatable bonds is 1. The molecular formula is C18H25NO3. The van der Waals surface area contributed by atoms with Gasteiger partial charge in [0.25, 0.3) is 5.91 Å². The van der Waals surface area contributed by atoms with Crippen molar-refractivity contribution in [2.75, 3.05) is 6.61 Å². The van der Waals surface area contributed by atoms with E-state index in [1.807, 2.05) is 0 Å². The molecule has 4 rings (SSSR count). The minimum atomic E-state index is -0.884. The zero-order valence-electron chi connectivity index (χ0n) is 14.2. The topological polar surface area (TPSA) is 43.0 Å². The van der Waals surface area contributed by atoms with Gasteiger partial charge in [-0.25, -0.2) is 0 Å². The number of benzene rings is 1. The third kappa shape index (κ3) is 1.47. The Labute approximate surface area is 132 Å². The Morgan fingerprint density at radius 3 is 2.09 bits per heavy atom. The van der Waals surface area contributed by atoms with Crippen LogP contribution in [-0.2, 0) is 19.8 Å². The summed E-state index contributed by atoms with van der Waals surface area (Å²) >= 11 is 0. The predicted molar refractivity (Wildman–Crippen MR) is 83.4 cm³/mol. The first-order chi connectivity index (χ1) is 10.1. The van der Waals surface area contributed by atoms with Crippen LogP contribution in [0.1, 0.15) is 45.7 Å². The lowest BCUT2D eigenvalue weighted by molar-refractivity contribution is -0.291. The van der Waals surface area contributed by atoms with Crippen molar-refractivity contribution in [3.05, 3.63) is 35.4 Å². The van der Waals surface area contributed by atoms with Crippen LogP contribution in [0.15, 0.2) is 24.3 Å². The van der Waals surface area contributed by atoms with E-state index in [1.54, 1.807) is 0 Å². The van der Waals surface area contributed by atoms with Crippen LogP contribution in [-0.4, -0.2) is 29.3 Å². The number of nitrogens with one attached hydrogen (secondary N) is 1. The Bertz CT molecular complexity index is 638. The highest BCUT2D eigenvalue weighted by molar-refractivity contribution is 5.44. The predicted octanol–water partition coefficient (Wildman–Crippen LogP) is 2.84. The summed E-state index contributed by atoms with van der Waals surface area (Å²) in [6, 6.07) is 8.54. The first-order valence-corrected chi connectivity index (χ1v) is 7.98. The SMILES string of the molecule is Cc1ccc([C@@]23O[C@]2(C)[C@@]2(NC(C)(C)CO2)OC3(C)C)cc1. The maximum Gasteiger partial charge on any atom is 0.262 e. The first kappa shape index (κ1) is 14.6. The third-order valence-corrected chi connectivity index (χ3v) is 5.46. The smallest absolute Gasteiger partial charge is 0.262 e. The molecule has 1 aromatic carbocycles. The lowest BCUT2D eigenvalue weighted by atomic mass is 9.77. The molecule has 0 saturated carbocycles. The van der Waals surface area contributed by atoms with Crippen LogP contribution < -0.4 is 5.32 Å². The van der Waals surface area contributed by atoms with E-state index in [4.69, 9.17) is 14.2 Å². The molecule has 4 nitrogen and oxygen atoms in total. The van der Waals surface area contributed by atoms with Crippen molar-refractivity contribution >= 4 is 0 Å². The molecule has 3 fully saturated rings. The number of fused-ring (bicyclic) bond motifs is 2. The van der Waals surface area contributed by atoms with Gasteiger partial charge in [0.2, 0.25) is 0 Å². The Morgan fingerprint density at radius 2 is 1.59 bits per heavy atom. The second-order valence-corrected chi connectivity index (χ2v) is 8.21. The molecule has 1 aromatic rings. The molecule has 3 atom stereocenters. The van der Waals surface area contributed by atoms with Gasteiger partial charge in [0.1, 0.15) is 5.60 Å². The molecule has 3 aliphatic rings. The summed E-state index contributed by atoms with van der Waals surface area (Å²) in [5.41, 5.74) is 0.759. The largest absolute Gasteiger partial charge is 0.347 e. The highest BCUT2D eigenvalue weighted by atomic mass is 16.8. The molecule has 0 unspecified atom stereocenters. The highest BCUT2D eigenvalue weighted by Crippen LogP contribution is 2.73. The van der Waals surface area contributed by atoms with Gasteiger partial charge in [-0.05, 0) is 47.1 Å². The van der Waals surface area contributed by atoms with E-state index in [9.17, 15) is 0 Å². The van der Waals surface area contributed by atoms with Crippen LogP contribution >= 0.6 is 0 Å². The lowest BCUT2D eigenvalue weighted by Gasteiger charge is -2.34. The highest BCUT2D eigenvalue weighted by Gasteiger charge is 2.91. The van der Waals surface area contributed by atoms with Crippen LogP contribution in [0.4, 0.5) is 0 Å². The molecule has 0 bridgehead atoms. The Morgan fingerprint density at radius 1 is 0.955 bits per heavy atom. The third-order valence-electron chi connectivity index (χ3n) is 5.46. The van der Waals surface area contributed by atoms with Gasteiger partial charge < -0.3 is 14.2 Å². The zero-order valence-corrected chi connectivity index (χ0v) is 14.2. The molecular weight excluding hydrogens is 278 g/mol. The second kappa shape index (κ2) is 3.75. The maximum atomic E-state index is 6.43. The molecule has 0 amide bonds. The van der Waals surface area contributed by atoms with Crippen molar-refractivity contribution in [1.29, 1.82) is 0 Å². The lowest BCUT2D eigenvalue weighted by Crippen LogP contribution is -2.57. The standard InChI is InChI=1S/C18H25NO3/c1-12-7-9-13(10-8-12)17-15(4,5)21-18(16(17,6)22-17)19-14(2,3)11-20-18/h7-10,19H,11H2,1-6H3/t16-,17-,18-/m0/s1. The minimum Gasteiger partial charge on any atom is -0.347 e.